The number of hydrogen-bond donors (Lipinski definition) is 4. The zero-order valence-electron chi connectivity index (χ0n) is 48.8. The van der Waals surface area contributed by atoms with E-state index in [2.05, 4.69) is 9.97 Å². The maximum Gasteiger partial charge on any atom is 0.256 e. The van der Waals surface area contributed by atoms with Crippen LogP contribution in [0.15, 0.2) is 36.4 Å². The lowest BCUT2D eigenvalue weighted by Crippen LogP contribution is -2.11. The van der Waals surface area contributed by atoms with Gasteiger partial charge in [-0.3, -0.25) is 9.59 Å². The summed E-state index contributed by atoms with van der Waals surface area (Å²) in [5.41, 5.74) is -43.0. The zero-order valence-corrected chi connectivity index (χ0v) is 48.8. The Bertz CT molecular complexity index is 5830. The molecule has 9 aromatic rings. The van der Waals surface area contributed by atoms with E-state index in [1.165, 1.54) is 0 Å². The molecule has 0 spiro atoms. The molecule has 6 aromatic carbocycles. The van der Waals surface area contributed by atoms with E-state index in [1.54, 1.807) is 10.6 Å². The van der Waals surface area contributed by atoms with Gasteiger partial charge in [0.2, 0.25) is 34.9 Å². The minimum atomic E-state index is -3.03. The van der Waals surface area contributed by atoms with Crippen LogP contribution < -0.4 is 10.6 Å². The molecule has 13 rings (SSSR count). The van der Waals surface area contributed by atoms with Crippen molar-refractivity contribution in [3.63, 3.8) is 0 Å². The van der Waals surface area contributed by atoms with Crippen molar-refractivity contribution in [1.82, 2.24) is 19.9 Å². The predicted octanol–water partition coefficient (Wildman–Crippen LogP) is 20.2. The summed E-state index contributed by atoms with van der Waals surface area (Å²) in [4.78, 5) is 40.7. The molecule has 8 nitrogen and oxygen atoms in total. The van der Waals surface area contributed by atoms with Crippen LogP contribution in [0.4, 0.5) is 143 Å². The molecule has 0 radical (unpaired) electrons. The fraction of sp³-hybridized carbons (Fsp3) is 0. The SMILES string of the molecule is O=C1Nc2cc1c(-c1c(F)c(F)c(F)c(F)c1F)c1nc(c(-c3c(F)c(F)c(F)c(F)c3F)c3ccc([nH]3)c(-c3c(F)c(F)c(F)c(F)c3F)c3cc(c(-c4c(F)c(F)c(F)c(F)c4F)c4nc(c(-c5c(F)c(F)c(F)c(F)c5F)c5ccc([nH]5)c2-c2c(F)c(F)c(F)c(F)c2F)C=C4)NC3=O)C=C1. The summed E-state index contributed by atoms with van der Waals surface area (Å²) in [5.74, 6) is -93.0. The molecule has 0 saturated heterocycles. The highest BCUT2D eigenvalue weighted by Gasteiger charge is 2.40. The largest absolute Gasteiger partial charge is 0.354 e. The monoisotopic (exact) mass is 1490 g/mol. The number of nitrogens with zero attached hydrogens (tertiary/aromatic N) is 2. The molecule has 0 fully saturated rings. The molecule has 12 bridgehead atoms. The van der Waals surface area contributed by atoms with E-state index in [0.29, 0.717) is 6.07 Å². The highest BCUT2D eigenvalue weighted by atomic mass is 19.2. The number of anilines is 2. The van der Waals surface area contributed by atoms with Crippen LogP contribution in [0, 0.1) is 175 Å². The second-order valence-corrected chi connectivity index (χ2v) is 21.8. The third-order valence-corrected chi connectivity index (χ3v) is 16.2. The van der Waals surface area contributed by atoms with E-state index < -0.39 is 320 Å². The van der Waals surface area contributed by atoms with Gasteiger partial charge in [-0.25, -0.2) is 142 Å². The van der Waals surface area contributed by atoms with E-state index >= 15 is 105 Å². The highest BCUT2D eigenvalue weighted by Crippen LogP contribution is 2.49. The minimum Gasteiger partial charge on any atom is -0.354 e. The Morgan fingerprint density at radius 2 is 0.385 bits per heavy atom. The van der Waals surface area contributed by atoms with Gasteiger partial charge in [0.15, 0.2) is 140 Å². The number of halogens is 30. The standard InChI is InChI=1S/C66H14F30N6O2/c67-35-29(36(68)48(80)59(91)47(35)79)23-11-9-21(101-65(11)103)27(33-43(75)55(87)63(95)56(88)44(33)76)19-7-5-17(99-19)26(32-41(73)53(85)62(94)54(86)42(32)74)18-6-8-20(100-18)28(34-45(77)57(89)64(96)58(90)46(34)78)22-10-12(66(104)102-22)24(30-37(69)49(81)60(92)50(82)38(30)70)14-2-4-16(98-14)25(15-3-1-13(23)97-15)31-39(71)51(83)61(93)52(84)40(31)72/h1-10,97,100H,(H,101,103)(H,102,104). The van der Waals surface area contributed by atoms with Crippen molar-refractivity contribution in [2.24, 2.45) is 0 Å². The summed E-state index contributed by atoms with van der Waals surface area (Å²) in [6.07, 6.45) is 0.966. The van der Waals surface area contributed by atoms with Crippen LogP contribution in [0.25, 0.3) is 113 Å². The Morgan fingerprint density at radius 1 is 0.202 bits per heavy atom. The predicted molar refractivity (Wildman–Crippen MR) is 301 cm³/mol. The second-order valence-electron chi connectivity index (χ2n) is 21.8. The molecule has 4 aliphatic rings. The number of fused-ring (bicyclic) bond motifs is 12. The molecule has 0 unspecified atom stereocenters. The molecule has 0 aliphatic carbocycles. The lowest BCUT2D eigenvalue weighted by molar-refractivity contribution is 0.102. The average molecular weight is 1490 g/mol. The summed E-state index contributed by atoms with van der Waals surface area (Å²) in [6, 6.07) is 1.07. The second kappa shape index (κ2) is 24.8. The van der Waals surface area contributed by atoms with E-state index in [1.807, 2.05) is 9.97 Å². The molecule has 0 atom stereocenters. The Labute approximate surface area is 551 Å². The first kappa shape index (κ1) is 70.2. The average Bonchev–Trinajstić information content (AvgIpc) is 1.56. The van der Waals surface area contributed by atoms with Gasteiger partial charge in [-0.05, 0) is 60.7 Å². The van der Waals surface area contributed by atoms with E-state index in [4.69, 9.17) is 0 Å². The number of carbonyl (C=O) groups excluding carboxylic acids is 2. The molecule has 530 valence electrons. The molecular formula is C66H14F30N6O2. The van der Waals surface area contributed by atoms with Crippen molar-refractivity contribution in [3.05, 3.63) is 245 Å². The first-order chi connectivity index (χ1) is 48.9. The Kier molecular flexibility index (Phi) is 16.7. The van der Waals surface area contributed by atoms with Crippen LogP contribution in [-0.4, -0.2) is 31.8 Å². The summed E-state index contributed by atoms with van der Waals surface area (Å²) < 4.78 is 473. The molecule has 38 heteroatoms. The van der Waals surface area contributed by atoms with Crippen molar-refractivity contribution >= 4 is 69.6 Å². The molecule has 2 amide bonds. The number of aromatic amines is 2. The van der Waals surface area contributed by atoms with Crippen LogP contribution in [0.3, 0.4) is 0 Å². The molecule has 3 aromatic heterocycles. The topological polar surface area (TPSA) is 116 Å². The van der Waals surface area contributed by atoms with Crippen molar-refractivity contribution in [3.8, 4) is 66.8 Å². The van der Waals surface area contributed by atoms with Crippen LogP contribution in [0.5, 0.6) is 0 Å². The van der Waals surface area contributed by atoms with Gasteiger partial charge >= 0.3 is 0 Å². The Morgan fingerprint density at radius 3 is 0.673 bits per heavy atom. The van der Waals surface area contributed by atoms with Crippen molar-refractivity contribution in [1.29, 1.82) is 0 Å². The summed E-state index contributed by atoms with van der Waals surface area (Å²) >= 11 is 0. The summed E-state index contributed by atoms with van der Waals surface area (Å²) in [5, 5.41) is 3.36. The molecular weight excluding hydrogens is 1480 g/mol. The Hall–Kier alpha value is -12.3. The van der Waals surface area contributed by atoms with Gasteiger partial charge < -0.3 is 20.6 Å². The molecule has 4 N–H and O–H groups in total. The van der Waals surface area contributed by atoms with Crippen LogP contribution >= 0.6 is 0 Å². The Balaban J connectivity index is 1.36. The summed E-state index contributed by atoms with van der Waals surface area (Å²) in [6.45, 7) is 0. The van der Waals surface area contributed by atoms with Crippen molar-refractivity contribution in [2.75, 3.05) is 10.6 Å². The number of rotatable bonds is 6. The lowest BCUT2D eigenvalue weighted by Gasteiger charge is -2.12. The highest BCUT2D eigenvalue weighted by molar-refractivity contribution is 6.18. The van der Waals surface area contributed by atoms with Crippen molar-refractivity contribution < 1.29 is 141 Å². The fourth-order valence-electron chi connectivity index (χ4n) is 11.5. The van der Waals surface area contributed by atoms with Crippen molar-refractivity contribution in [2.45, 2.75) is 0 Å². The number of aromatic nitrogens is 4. The van der Waals surface area contributed by atoms with Gasteiger partial charge in [-0.2, -0.15) is 0 Å². The third-order valence-electron chi connectivity index (χ3n) is 16.2. The number of carbonyl (C=O) groups is 2. The molecule has 0 saturated carbocycles. The number of nitrogens with one attached hydrogen (secondary N) is 4. The van der Waals surface area contributed by atoms with Gasteiger partial charge in [0.25, 0.3) is 11.8 Å². The summed E-state index contributed by atoms with van der Waals surface area (Å²) in [7, 11) is 0. The van der Waals surface area contributed by atoms with Crippen LogP contribution in [0.1, 0.15) is 43.5 Å². The zero-order chi connectivity index (χ0) is 75.6. The first-order valence-corrected chi connectivity index (χ1v) is 27.8. The van der Waals surface area contributed by atoms with E-state index in [-0.39, 0.29) is 54.6 Å². The number of hydrogen-bond acceptors (Lipinski definition) is 4. The number of amides is 2. The fourth-order valence-corrected chi connectivity index (χ4v) is 11.5. The smallest absolute Gasteiger partial charge is 0.256 e. The first-order valence-electron chi connectivity index (χ1n) is 27.8. The van der Waals surface area contributed by atoms with E-state index in [0.717, 1.165) is 0 Å². The van der Waals surface area contributed by atoms with Crippen LogP contribution in [-0.2, 0) is 0 Å². The molecule has 7 heterocycles. The number of benzene rings is 6. The van der Waals surface area contributed by atoms with Gasteiger partial charge in [0.05, 0.1) is 78.7 Å². The third kappa shape index (κ3) is 10.2. The maximum atomic E-state index is 16.5. The van der Waals surface area contributed by atoms with Crippen LogP contribution in [0.2, 0.25) is 0 Å². The molecule has 104 heavy (non-hydrogen) atoms. The normalized spacial score (nSPS) is 12.6. The molecule has 4 aliphatic heterocycles. The van der Waals surface area contributed by atoms with Gasteiger partial charge in [0, 0.05) is 55.4 Å². The number of H-pyrrole nitrogens is 2. The lowest BCUT2D eigenvalue weighted by atomic mass is 9.97. The van der Waals surface area contributed by atoms with Gasteiger partial charge in [-0.1, -0.05) is 0 Å². The minimum absolute atomic E-state index is 0.0223. The maximum absolute atomic E-state index is 16.5. The quantitative estimate of drug-likeness (QED) is 0.0754. The van der Waals surface area contributed by atoms with Gasteiger partial charge in [-0.15, -0.1) is 0 Å². The van der Waals surface area contributed by atoms with Gasteiger partial charge in [0.1, 0.15) is 0 Å². The van der Waals surface area contributed by atoms with E-state index in [9.17, 15) is 35.9 Å².